The van der Waals surface area contributed by atoms with Gasteiger partial charge in [-0.25, -0.2) is 8.42 Å². The van der Waals surface area contributed by atoms with Crippen LogP contribution in [-0.4, -0.2) is 56.3 Å². The lowest BCUT2D eigenvalue weighted by Crippen LogP contribution is -2.43. The van der Waals surface area contributed by atoms with E-state index in [1.807, 2.05) is 0 Å². The predicted octanol–water partition coefficient (Wildman–Crippen LogP) is 1.81. The zero-order valence-electron chi connectivity index (χ0n) is 14.1. The summed E-state index contributed by atoms with van der Waals surface area (Å²) in [6, 6.07) is 3.44. The number of hydrogen-bond acceptors (Lipinski definition) is 4. The standard InChI is InChI=1S/C16H26N4O2S2/c1-13-4-2-7-19(11-13)16(17)18-10-14-6-8-20(12-14)24(21,22)15-5-3-9-23-15/h3,5,9,13-14H,2,4,6-8,10-12H2,1H3,(H2,17,18). The van der Waals surface area contributed by atoms with E-state index < -0.39 is 10.0 Å². The van der Waals surface area contributed by atoms with Crippen molar-refractivity contribution in [2.75, 3.05) is 32.7 Å². The van der Waals surface area contributed by atoms with E-state index in [9.17, 15) is 8.42 Å². The van der Waals surface area contributed by atoms with Crippen LogP contribution in [0.5, 0.6) is 0 Å². The molecule has 1 aromatic rings. The number of thiophene rings is 1. The Labute approximate surface area is 148 Å². The Hall–Kier alpha value is -1.12. The smallest absolute Gasteiger partial charge is 0.252 e. The third-order valence-electron chi connectivity index (χ3n) is 4.83. The van der Waals surface area contributed by atoms with Gasteiger partial charge in [0, 0.05) is 32.7 Å². The Morgan fingerprint density at radius 2 is 2.21 bits per heavy atom. The number of likely N-dealkylation sites (tertiary alicyclic amines) is 1. The minimum Gasteiger partial charge on any atom is -0.370 e. The molecule has 6 nitrogen and oxygen atoms in total. The van der Waals surface area contributed by atoms with Crippen LogP contribution in [0.3, 0.4) is 0 Å². The molecule has 0 spiro atoms. The molecule has 2 saturated heterocycles. The van der Waals surface area contributed by atoms with Crippen molar-refractivity contribution < 1.29 is 8.42 Å². The van der Waals surface area contributed by atoms with E-state index >= 15 is 0 Å². The lowest BCUT2D eigenvalue weighted by atomic mass is 10.0. The van der Waals surface area contributed by atoms with Gasteiger partial charge in [-0.2, -0.15) is 4.31 Å². The molecule has 24 heavy (non-hydrogen) atoms. The summed E-state index contributed by atoms with van der Waals surface area (Å²) in [6.07, 6.45) is 3.26. The summed E-state index contributed by atoms with van der Waals surface area (Å²) in [4.78, 5) is 6.70. The van der Waals surface area contributed by atoms with Gasteiger partial charge in [-0.05, 0) is 42.5 Å². The van der Waals surface area contributed by atoms with Crippen LogP contribution in [0.2, 0.25) is 0 Å². The molecule has 3 rings (SSSR count). The molecule has 0 aliphatic carbocycles. The van der Waals surface area contributed by atoms with Crippen LogP contribution in [0, 0.1) is 11.8 Å². The maximum absolute atomic E-state index is 12.5. The predicted molar refractivity (Wildman–Crippen MR) is 97.6 cm³/mol. The van der Waals surface area contributed by atoms with Gasteiger partial charge >= 0.3 is 0 Å². The van der Waals surface area contributed by atoms with Crippen LogP contribution in [-0.2, 0) is 10.0 Å². The van der Waals surface area contributed by atoms with Gasteiger partial charge in [-0.3, -0.25) is 4.99 Å². The topological polar surface area (TPSA) is 79.0 Å². The van der Waals surface area contributed by atoms with Gasteiger partial charge in [-0.1, -0.05) is 13.0 Å². The van der Waals surface area contributed by atoms with Crippen molar-refractivity contribution in [1.82, 2.24) is 9.21 Å². The molecule has 0 saturated carbocycles. The highest BCUT2D eigenvalue weighted by Gasteiger charge is 2.33. The summed E-state index contributed by atoms with van der Waals surface area (Å²) in [5.41, 5.74) is 6.13. The lowest BCUT2D eigenvalue weighted by molar-refractivity contribution is 0.270. The number of guanidine groups is 1. The molecule has 3 heterocycles. The fraction of sp³-hybridized carbons (Fsp3) is 0.688. The average Bonchev–Trinajstić information content (AvgIpc) is 3.24. The molecule has 1 aromatic heterocycles. The van der Waals surface area contributed by atoms with E-state index in [-0.39, 0.29) is 5.92 Å². The second-order valence-corrected chi connectivity index (χ2v) is 9.95. The fourth-order valence-corrected chi connectivity index (χ4v) is 6.10. The molecular weight excluding hydrogens is 344 g/mol. The van der Waals surface area contributed by atoms with Crippen LogP contribution < -0.4 is 5.73 Å². The van der Waals surface area contributed by atoms with Gasteiger partial charge in [0.15, 0.2) is 5.96 Å². The van der Waals surface area contributed by atoms with E-state index in [2.05, 4.69) is 16.8 Å². The second-order valence-electron chi connectivity index (χ2n) is 6.84. The Morgan fingerprint density at radius 1 is 1.38 bits per heavy atom. The highest BCUT2D eigenvalue weighted by molar-refractivity contribution is 7.91. The Balaban J connectivity index is 1.55. The zero-order chi connectivity index (χ0) is 17.2. The van der Waals surface area contributed by atoms with Crippen LogP contribution in [0.4, 0.5) is 0 Å². The summed E-state index contributed by atoms with van der Waals surface area (Å²) in [5.74, 6) is 1.52. The summed E-state index contributed by atoms with van der Waals surface area (Å²) in [5, 5.41) is 1.80. The molecule has 2 atom stereocenters. The number of sulfonamides is 1. The van der Waals surface area contributed by atoms with Gasteiger partial charge in [0.25, 0.3) is 10.0 Å². The van der Waals surface area contributed by atoms with Crippen molar-refractivity contribution in [3.8, 4) is 0 Å². The van der Waals surface area contributed by atoms with E-state index in [1.54, 1.807) is 21.8 Å². The molecule has 0 aromatic carbocycles. The van der Waals surface area contributed by atoms with Gasteiger partial charge in [-0.15, -0.1) is 11.3 Å². The Morgan fingerprint density at radius 3 is 2.92 bits per heavy atom. The summed E-state index contributed by atoms with van der Waals surface area (Å²) >= 11 is 1.27. The molecule has 2 unspecified atom stereocenters. The molecule has 2 fully saturated rings. The van der Waals surface area contributed by atoms with Crippen molar-refractivity contribution in [2.45, 2.75) is 30.4 Å². The normalized spacial score (nSPS) is 26.9. The van der Waals surface area contributed by atoms with Crippen molar-refractivity contribution >= 4 is 27.3 Å². The number of nitrogens with two attached hydrogens (primary N) is 1. The molecule has 2 N–H and O–H groups in total. The fourth-order valence-electron chi connectivity index (χ4n) is 3.42. The van der Waals surface area contributed by atoms with Crippen molar-refractivity contribution in [2.24, 2.45) is 22.6 Å². The minimum atomic E-state index is -3.33. The third-order valence-corrected chi connectivity index (χ3v) is 8.07. The van der Waals surface area contributed by atoms with Crippen molar-refractivity contribution in [1.29, 1.82) is 0 Å². The van der Waals surface area contributed by atoms with Crippen LogP contribution in [0.25, 0.3) is 0 Å². The number of hydrogen-bond donors (Lipinski definition) is 1. The van der Waals surface area contributed by atoms with E-state index in [1.165, 1.54) is 17.8 Å². The summed E-state index contributed by atoms with van der Waals surface area (Å²) in [7, 11) is -3.33. The van der Waals surface area contributed by atoms with Crippen LogP contribution >= 0.6 is 11.3 Å². The van der Waals surface area contributed by atoms with E-state index in [4.69, 9.17) is 5.73 Å². The molecular formula is C16H26N4O2S2. The Bertz CT molecular complexity index is 672. The molecule has 8 heteroatoms. The minimum absolute atomic E-state index is 0.250. The van der Waals surface area contributed by atoms with Crippen molar-refractivity contribution in [3.63, 3.8) is 0 Å². The first-order chi connectivity index (χ1) is 11.5. The van der Waals surface area contributed by atoms with Gasteiger partial charge in [0.05, 0.1) is 0 Å². The highest BCUT2D eigenvalue weighted by atomic mass is 32.2. The quantitative estimate of drug-likeness (QED) is 0.647. The molecule has 2 aliphatic rings. The SMILES string of the molecule is CC1CCCN(C(N)=NCC2CCN(S(=O)(=O)c3cccs3)C2)C1. The van der Waals surface area contributed by atoms with E-state index in [0.717, 1.165) is 25.9 Å². The Kier molecular flexibility index (Phi) is 5.46. The first kappa shape index (κ1) is 17.7. The highest BCUT2D eigenvalue weighted by Crippen LogP contribution is 2.27. The third kappa shape index (κ3) is 3.92. The number of nitrogens with zero attached hydrogens (tertiary/aromatic N) is 3. The molecule has 0 amide bonds. The molecule has 134 valence electrons. The second kappa shape index (κ2) is 7.41. The first-order valence-corrected chi connectivity index (χ1v) is 10.9. The molecule has 0 bridgehead atoms. The van der Waals surface area contributed by atoms with Crippen molar-refractivity contribution in [3.05, 3.63) is 17.5 Å². The number of aliphatic imine (C=N–C) groups is 1. The largest absolute Gasteiger partial charge is 0.370 e. The molecule has 2 aliphatic heterocycles. The number of piperidine rings is 1. The maximum atomic E-state index is 12.5. The van der Waals surface area contributed by atoms with Gasteiger partial charge in [0.1, 0.15) is 4.21 Å². The lowest BCUT2D eigenvalue weighted by Gasteiger charge is -2.31. The van der Waals surface area contributed by atoms with Gasteiger partial charge < -0.3 is 10.6 Å². The summed E-state index contributed by atoms with van der Waals surface area (Å²) < 4.78 is 27.1. The first-order valence-electron chi connectivity index (χ1n) is 8.55. The monoisotopic (exact) mass is 370 g/mol. The van der Waals surface area contributed by atoms with Crippen LogP contribution in [0.15, 0.2) is 26.7 Å². The summed E-state index contributed by atoms with van der Waals surface area (Å²) in [6.45, 7) is 5.90. The zero-order valence-corrected chi connectivity index (χ0v) is 15.7. The number of rotatable bonds is 4. The maximum Gasteiger partial charge on any atom is 0.252 e. The van der Waals surface area contributed by atoms with Crippen LogP contribution in [0.1, 0.15) is 26.2 Å². The van der Waals surface area contributed by atoms with Gasteiger partial charge in [0.2, 0.25) is 0 Å². The van der Waals surface area contributed by atoms with E-state index in [0.29, 0.717) is 35.7 Å². The molecule has 0 radical (unpaired) electrons. The average molecular weight is 371 g/mol.